The van der Waals surface area contributed by atoms with E-state index in [1.165, 1.54) is 18.3 Å². The van der Waals surface area contributed by atoms with Crippen molar-refractivity contribution >= 4 is 16.8 Å². The van der Waals surface area contributed by atoms with Crippen molar-refractivity contribution in [2.75, 3.05) is 13.2 Å². The average Bonchev–Trinajstić information content (AvgIpc) is 2.66. The lowest BCUT2D eigenvalue weighted by molar-refractivity contribution is -0.154. The van der Waals surface area contributed by atoms with Crippen molar-refractivity contribution in [3.8, 4) is 5.88 Å². The number of pyridine rings is 2. The van der Waals surface area contributed by atoms with E-state index in [1.807, 2.05) is 30.3 Å². The van der Waals surface area contributed by atoms with E-state index in [4.69, 9.17) is 0 Å². The summed E-state index contributed by atoms with van der Waals surface area (Å²) in [6.45, 7) is -1.04. The molecule has 1 aromatic carbocycles. The van der Waals surface area contributed by atoms with Gasteiger partial charge in [-0.1, -0.05) is 24.3 Å². The summed E-state index contributed by atoms with van der Waals surface area (Å²) in [5, 5.41) is 3.79. The van der Waals surface area contributed by atoms with Crippen LogP contribution in [0, 0.1) is 0 Å². The van der Waals surface area contributed by atoms with Crippen LogP contribution < -0.4 is 10.1 Å². The molecule has 0 aliphatic carbocycles. The first-order valence-electron chi connectivity index (χ1n) is 8.19. The fraction of sp³-hybridized carbons (Fsp3) is 0.211. The van der Waals surface area contributed by atoms with Gasteiger partial charge in [-0.05, 0) is 24.1 Å². The number of nitrogens with one attached hydrogen (secondary N) is 1. The molecule has 0 fully saturated rings. The molecule has 5 nitrogen and oxygen atoms in total. The van der Waals surface area contributed by atoms with Crippen LogP contribution in [0.25, 0.3) is 10.9 Å². The summed E-state index contributed by atoms with van der Waals surface area (Å²) in [6, 6.07) is 12.3. The highest BCUT2D eigenvalue weighted by Gasteiger charge is 2.28. The Morgan fingerprint density at radius 2 is 1.89 bits per heavy atom. The van der Waals surface area contributed by atoms with E-state index < -0.39 is 12.8 Å². The Hall–Kier alpha value is -3.16. The maximum absolute atomic E-state index is 12.1. The van der Waals surface area contributed by atoms with E-state index in [0.29, 0.717) is 13.0 Å². The number of carbonyl (C=O) groups is 1. The Morgan fingerprint density at radius 1 is 1.07 bits per heavy atom. The van der Waals surface area contributed by atoms with E-state index in [9.17, 15) is 18.0 Å². The van der Waals surface area contributed by atoms with Gasteiger partial charge >= 0.3 is 6.18 Å². The maximum Gasteiger partial charge on any atom is 0.422 e. The second-order valence-electron chi connectivity index (χ2n) is 5.79. The lowest BCUT2D eigenvalue weighted by Gasteiger charge is -2.09. The minimum atomic E-state index is -4.44. The van der Waals surface area contributed by atoms with Crippen molar-refractivity contribution < 1.29 is 22.7 Å². The van der Waals surface area contributed by atoms with Gasteiger partial charge in [0.25, 0.3) is 5.91 Å². The molecule has 140 valence electrons. The van der Waals surface area contributed by atoms with Crippen molar-refractivity contribution in [1.29, 1.82) is 0 Å². The van der Waals surface area contributed by atoms with Gasteiger partial charge in [0, 0.05) is 30.4 Å². The minimum Gasteiger partial charge on any atom is -0.468 e. The number of carbonyl (C=O) groups excluding carboxylic acids is 1. The van der Waals surface area contributed by atoms with E-state index in [1.54, 1.807) is 6.20 Å². The first kappa shape index (κ1) is 18.6. The fourth-order valence-corrected chi connectivity index (χ4v) is 2.54. The van der Waals surface area contributed by atoms with E-state index in [0.717, 1.165) is 16.5 Å². The molecule has 2 heterocycles. The Morgan fingerprint density at radius 3 is 2.63 bits per heavy atom. The number of amides is 1. The van der Waals surface area contributed by atoms with Crippen molar-refractivity contribution in [2.45, 2.75) is 12.6 Å². The summed E-state index contributed by atoms with van der Waals surface area (Å²) in [4.78, 5) is 20.2. The predicted molar refractivity (Wildman–Crippen MR) is 93.6 cm³/mol. The molecule has 0 bridgehead atoms. The Labute approximate surface area is 153 Å². The number of benzene rings is 1. The van der Waals surface area contributed by atoms with Gasteiger partial charge in [-0.2, -0.15) is 13.2 Å². The van der Waals surface area contributed by atoms with Gasteiger partial charge in [-0.15, -0.1) is 0 Å². The second-order valence-corrected chi connectivity index (χ2v) is 5.79. The third-order valence-electron chi connectivity index (χ3n) is 3.78. The molecule has 2 aromatic heterocycles. The number of ether oxygens (including phenoxy) is 1. The molecule has 27 heavy (non-hydrogen) atoms. The molecule has 3 rings (SSSR count). The molecule has 0 saturated carbocycles. The van der Waals surface area contributed by atoms with Crippen LogP contribution in [0.4, 0.5) is 13.2 Å². The van der Waals surface area contributed by atoms with Crippen LogP contribution in [0.5, 0.6) is 5.88 Å². The maximum atomic E-state index is 12.1. The average molecular weight is 375 g/mol. The molecule has 0 atom stereocenters. The summed E-state index contributed by atoms with van der Waals surface area (Å²) in [5.41, 5.74) is 2.15. The van der Waals surface area contributed by atoms with Gasteiger partial charge in [-0.3, -0.25) is 9.78 Å². The first-order valence-corrected chi connectivity index (χ1v) is 8.19. The van der Waals surface area contributed by atoms with Gasteiger partial charge in [-0.25, -0.2) is 4.98 Å². The summed E-state index contributed by atoms with van der Waals surface area (Å²) in [7, 11) is 0. The van der Waals surface area contributed by atoms with Crippen LogP contribution in [0.2, 0.25) is 0 Å². The monoisotopic (exact) mass is 375 g/mol. The Kier molecular flexibility index (Phi) is 5.54. The fourth-order valence-electron chi connectivity index (χ4n) is 2.54. The zero-order valence-corrected chi connectivity index (χ0v) is 14.2. The van der Waals surface area contributed by atoms with E-state index in [2.05, 4.69) is 20.0 Å². The van der Waals surface area contributed by atoms with Gasteiger partial charge in [0.05, 0.1) is 11.1 Å². The normalized spacial score (nSPS) is 11.4. The number of halogens is 3. The van der Waals surface area contributed by atoms with Crippen LogP contribution in [-0.2, 0) is 6.42 Å². The number of hydrogen-bond donors (Lipinski definition) is 1. The molecule has 0 unspecified atom stereocenters. The number of aromatic nitrogens is 2. The molecule has 0 spiro atoms. The molecule has 0 aliphatic rings. The Balaban J connectivity index is 1.54. The molecular formula is C19H16F3N3O2. The van der Waals surface area contributed by atoms with Gasteiger partial charge in [0.15, 0.2) is 6.61 Å². The number of fused-ring (bicyclic) bond motifs is 1. The SMILES string of the molecule is O=C(NCCc1cccc2cccnc12)c1ccc(OCC(F)(F)F)nc1. The van der Waals surface area contributed by atoms with Crippen LogP contribution in [0.15, 0.2) is 54.9 Å². The smallest absolute Gasteiger partial charge is 0.422 e. The number of nitrogens with zero attached hydrogens (tertiary/aromatic N) is 2. The summed E-state index contributed by atoms with van der Waals surface area (Å²) >= 11 is 0. The van der Waals surface area contributed by atoms with Crippen LogP contribution >= 0.6 is 0 Å². The summed E-state index contributed by atoms with van der Waals surface area (Å²) in [5.74, 6) is -0.552. The number of alkyl halides is 3. The van der Waals surface area contributed by atoms with Gasteiger partial charge < -0.3 is 10.1 Å². The minimum absolute atomic E-state index is 0.189. The van der Waals surface area contributed by atoms with Crippen LogP contribution in [0.3, 0.4) is 0 Å². The highest BCUT2D eigenvalue weighted by molar-refractivity contribution is 5.93. The molecule has 0 radical (unpaired) electrons. The topological polar surface area (TPSA) is 64.1 Å². The predicted octanol–water partition coefficient (Wildman–Crippen LogP) is 3.54. The molecule has 8 heteroatoms. The second kappa shape index (κ2) is 8.03. The number of hydrogen-bond acceptors (Lipinski definition) is 4. The number of rotatable bonds is 6. The third kappa shape index (κ3) is 5.16. The van der Waals surface area contributed by atoms with Gasteiger partial charge in [0.1, 0.15) is 0 Å². The molecule has 0 aliphatic heterocycles. The third-order valence-corrected chi connectivity index (χ3v) is 3.78. The lowest BCUT2D eigenvalue weighted by Crippen LogP contribution is -2.26. The molecule has 1 amide bonds. The zero-order valence-electron chi connectivity index (χ0n) is 14.2. The van der Waals surface area contributed by atoms with Crippen LogP contribution in [0.1, 0.15) is 15.9 Å². The summed E-state index contributed by atoms with van der Waals surface area (Å²) in [6.07, 6.45) is -0.937. The standard InChI is InChI=1S/C19H16F3N3O2/c20-19(21,22)12-27-16-7-6-15(11-25-16)18(26)24-10-8-14-4-1-3-13-5-2-9-23-17(13)14/h1-7,9,11H,8,10,12H2,(H,24,26). The van der Waals surface area contributed by atoms with Gasteiger partial charge in [0.2, 0.25) is 5.88 Å². The molecule has 0 saturated heterocycles. The molecule has 1 N–H and O–H groups in total. The van der Waals surface area contributed by atoms with Crippen molar-refractivity contribution in [3.63, 3.8) is 0 Å². The van der Waals surface area contributed by atoms with E-state index in [-0.39, 0.29) is 17.4 Å². The molecule has 3 aromatic rings. The van der Waals surface area contributed by atoms with Crippen molar-refractivity contribution in [1.82, 2.24) is 15.3 Å². The highest BCUT2D eigenvalue weighted by Crippen LogP contribution is 2.17. The van der Waals surface area contributed by atoms with Crippen molar-refractivity contribution in [3.05, 3.63) is 66.0 Å². The van der Waals surface area contributed by atoms with Crippen LogP contribution in [-0.4, -0.2) is 35.2 Å². The Bertz CT molecular complexity index is 922. The molecular weight excluding hydrogens is 359 g/mol. The van der Waals surface area contributed by atoms with E-state index >= 15 is 0 Å². The highest BCUT2D eigenvalue weighted by atomic mass is 19.4. The number of para-hydroxylation sites is 1. The summed E-state index contributed by atoms with van der Waals surface area (Å²) < 4.78 is 40.8. The first-order chi connectivity index (χ1) is 12.9. The lowest BCUT2D eigenvalue weighted by atomic mass is 10.1. The largest absolute Gasteiger partial charge is 0.468 e. The zero-order chi connectivity index (χ0) is 19.3. The quantitative estimate of drug-likeness (QED) is 0.716. The van der Waals surface area contributed by atoms with Crippen molar-refractivity contribution in [2.24, 2.45) is 0 Å².